The van der Waals surface area contributed by atoms with Gasteiger partial charge < -0.3 is 5.32 Å². The van der Waals surface area contributed by atoms with Crippen molar-refractivity contribution < 1.29 is 13.2 Å². The topological polar surface area (TPSA) is 29.9 Å². The average Bonchev–Trinajstić information content (AvgIpc) is 2.84. The van der Waals surface area contributed by atoms with E-state index in [0.29, 0.717) is 0 Å². The summed E-state index contributed by atoms with van der Waals surface area (Å²) in [6, 6.07) is 3.67. The first-order valence-corrected chi connectivity index (χ1v) is 6.40. The molecule has 0 aliphatic heterocycles. The number of rotatable bonds is 4. The van der Waals surface area contributed by atoms with E-state index in [4.69, 9.17) is 11.6 Å². The number of hydrogen-bond donors (Lipinski definition) is 1. The third kappa shape index (κ3) is 3.45. The van der Waals surface area contributed by atoms with Gasteiger partial charge in [0.15, 0.2) is 0 Å². The Morgan fingerprint density at radius 1 is 1.35 bits per heavy atom. The predicted molar refractivity (Wildman–Crippen MR) is 71.7 cm³/mol. The summed E-state index contributed by atoms with van der Waals surface area (Å²) in [6.45, 7) is 2.92. The van der Waals surface area contributed by atoms with Gasteiger partial charge in [-0.3, -0.25) is 4.68 Å². The zero-order valence-corrected chi connectivity index (χ0v) is 11.5. The van der Waals surface area contributed by atoms with Crippen LogP contribution in [-0.4, -0.2) is 9.78 Å². The number of hydrogen-bond acceptors (Lipinski definition) is 2. The Hall–Kier alpha value is -1.69. The Bertz CT molecular complexity index is 593. The summed E-state index contributed by atoms with van der Waals surface area (Å²) in [5.41, 5.74) is 0.0500. The Balaban J connectivity index is 2.17. The van der Waals surface area contributed by atoms with E-state index in [1.54, 1.807) is 17.1 Å². The second kappa shape index (κ2) is 5.75. The predicted octanol–water partition coefficient (Wildman–Crippen LogP) is 4.19. The molecule has 1 aromatic heterocycles. The standard InChI is InChI=1S/C13H13ClF3N3/c1-2-20-8-9(7-19-20)6-18-12-4-3-10(14)5-11(12)13(15,16)17/h3-5,7-8,18H,2,6H2,1H3. The fourth-order valence-corrected chi connectivity index (χ4v) is 1.95. The summed E-state index contributed by atoms with van der Waals surface area (Å²) in [5, 5.41) is 6.89. The third-order valence-electron chi connectivity index (χ3n) is 2.78. The van der Waals surface area contributed by atoms with E-state index >= 15 is 0 Å². The number of nitrogens with zero attached hydrogens (tertiary/aromatic N) is 2. The number of aryl methyl sites for hydroxylation is 1. The molecule has 1 N–H and O–H groups in total. The van der Waals surface area contributed by atoms with Crippen LogP contribution in [-0.2, 0) is 19.3 Å². The third-order valence-corrected chi connectivity index (χ3v) is 3.02. The fourth-order valence-electron chi connectivity index (χ4n) is 1.77. The minimum atomic E-state index is -4.44. The van der Waals surface area contributed by atoms with E-state index in [2.05, 4.69) is 10.4 Å². The lowest BCUT2D eigenvalue weighted by Crippen LogP contribution is -2.10. The van der Waals surface area contributed by atoms with Gasteiger partial charge in [0.25, 0.3) is 0 Å². The van der Waals surface area contributed by atoms with Gasteiger partial charge in [0.05, 0.1) is 11.8 Å². The molecule has 0 amide bonds. The van der Waals surface area contributed by atoms with Gasteiger partial charge >= 0.3 is 6.18 Å². The minimum Gasteiger partial charge on any atom is -0.380 e. The molecule has 0 unspecified atom stereocenters. The van der Waals surface area contributed by atoms with Gasteiger partial charge in [-0.2, -0.15) is 18.3 Å². The van der Waals surface area contributed by atoms with E-state index in [1.807, 2.05) is 6.92 Å². The number of aromatic nitrogens is 2. The van der Waals surface area contributed by atoms with Crippen LogP contribution in [0.3, 0.4) is 0 Å². The summed E-state index contributed by atoms with van der Waals surface area (Å²) < 4.78 is 40.4. The molecular formula is C13H13ClF3N3. The smallest absolute Gasteiger partial charge is 0.380 e. The molecule has 3 nitrogen and oxygen atoms in total. The van der Waals surface area contributed by atoms with E-state index < -0.39 is 11.7 Å². The quantitative estimate of drug-likeness (QED) is 0.918. The first kappa shape index (κ1) is 14.7. The molecule has 20 heavy (non-hydrogen) atoms. The second-order valence-corrected chi connectivity index (χ2v) is 4.68. The van der Waals surface area contributed by atoms with Gasteiger partial charge in [0, 0.05) is 35.6 Å². The molecule has 1 aromatic carbocycles. The maximum Gasteiger partial charge on any atom is 0.418 e. The number of anilines is 1. The van der Waals surface area contributed by atoms with Crippen LogP contribution in [0.15, 0.2) is 30.6 Å². The van der Waals surface area contributed by atoms with Crippen molar-refractivity contribution >= 4 is 17.3 Å². The van der Waals surface area contributed by atoms with Crippen molar-refractivity contribution in [3.8, 4) is 0 Å². The highest BCUT2D eigenvalue weighted by molar-refractivity contribution is 6.30. The lowest BCUT2D eigenvalue weighted by molar-refractivity contribution is -0.136. The molecule has 2 rings (SSSR count). The lowest BCUT2D eigenvalue weighted by Gasteiger charge is -2.14. The van der Waals surface area contributed by atoms with Gasteiger partial charge in [-0.25, -0.2) is 0 Å². The Labute approximate surface area is 119 Å². The zero-order chi connectivity index (χ0) is 14.8. The molecule has 7 heteroatoms. The van der Waals surface area contributed by atoms with Crippen LogP contribution < -0.4 is 5.32 Å². The van der Waals surface area contributed by atoms with E-state index in [-0.39, 0.29) is 17.3 Å². The van der Waals surface area contributed by atoms with Gasteiger partial charge in [-0.15, -0.1) is 0 Å². The molecule has 0 atom stereocenters. The molecule has 2 aromatic rings. The maximum absolute atomic E-state index is 12.9. The Morgan fingerprint density at radius 3 is 2.70 bits per heavy atom. The molecule has 0 spiro atoms. The molecule has 0 aliphatic carbocycles. The maximum atomic E-state index is 12.9. The van der Waals surface area contributed by atoms with Crippen molar-refractivity contribution in [1.82, 2.24) is 9.78 Å². The molecule has 1 heterocycles. The summed E-state index contributed by atoms with van der Waals surface area (Å²) in [7, 11) is 0. The highest BCUT2D eigenvalue weighted by Crippen LogP contribution is 2.36. The molecule has 0 saturated carbocycles. The number of benzene rings is 1. The SMILES string of the molecule is CCn1cc(CNc2ccc(Cl)cc2C(F)(F)F)cn1. The van der Waals surface area contributed by atoms with Crippen LogP contribution >= 0.6 is 11.6 Å². The largest absolute Gasteiger partial charge is 0.418 e. The summed E-state index contributed by atoms with van der Waals surface area (Å²) in [4.78, 5) is 0. The Morgan fingerprint density at radius 2 is 2.10 bits per heavy atom. The van der Waals surface area contributed by atoms with Gasteiger partial charge in [0.2, 0.25) is 0 Å². The van der Waals surface area contributed by atoms with Crippen molar-refractivity contribution in [2.45, 2.75) is 26.2 Å². The molecule has 0 saturated heterocycles. The molecule has 0 bridgehead atoms. The van der Waals surface area contributed by atoms with Crippen molar-refractivity contribution in [1.29, 1.82) is 0 Å². The van der Waals surface area contributed by atoms with Crippen LogP contribution in [0.25, 0.3) is 0 Å². The van der Waals surface area contributed by atoms with Gasteiger partial charge in [0.1, 0.15) is 0 Å². The molecule has 108 valence electrons. The monoisotopic (exact) mass is 303 g/mol. The van der Waals surface area contributed by atoms with Crippen LogP contribution in [0, 0.1) is 0 Å². The fraction of sp³-hybridized carbons (Fsp3) is 0.308. The number of nitrogens with one attached hydrogen (secondary N) is 1. The zero-order valence-electron chi connectivity index (χ0n) is 10.7. The normalized spacial score (nSPS) is 11.7. The van der Waals surface area contributed by atoms with Crippen molar-refractivity contribution in [2.24, 2.45) is 0 Å². The first-order valence-electron chi connectivity index (χ1n) is 6.02. The highest BCUT2D eigenvalue weighted by Gasteiger charge is 2.33. The molecular weight excluding hydrogens is 291 g/mol. The van der Waals surface area contributed by atoms with Crippen molar-refractivity contribution in [2.75, 3.05) is 5.32 Å². The molecule has 0 aliphatic rings. The van der Waals surface area contributed by atoms with Crippen molar-refractivity contribution in [3.63, 3.8) is 0 Å². The van der Waals surface area contributed by atoms with E-state index in [0.717, 1.165) is 18.2 Å². The van der Waals surface area contributed by atoms with Crippen molar-refractivity contribution in [3.05, 3.63) is 46.7 Å². The van der Waals surface area contributed by atoms with Gasteiger partial charge in [-0.05, 0) is 25.1 Å². The average molecular weight is 304 g/mol. The lowest BCUT2D eigenvalue weighted by atomic mass is 10.1. The van der Waals surface area contributed by atoms with Crippen LogP contribution in [0.1, 0.15) is 18.1 Å². The second-order valence-electron chi connectivity index (χ2n) is 4.25. The van der Waals surface area contributed by atoms with E-state index in [1.165, 1.54) is 12.1 Å². The number of halogens is 4. The summed E-state index contributed by atoms with van der Waals surface area (Å²) >= 11 is 5.62. The summed E-state index contributed by atoms with van der Waals surface area (Å²) in [5.74, 6) is 0. The molecule has 0 fully saturated rings. The number of alkyl halides is 3. The van der Waals surface area contributed by atoms with Crippen LogP contribution in [0.2, 0.25) is 5.02 Å². The van der Waals surface area contributed by atoms with Gasteiger partial charge in [-0.1, -0.05) is 11.6 Å². The Kier molecular flexibility index (Phi) is 4.23. The first-order chi connectivity index (χ1) is 9.40. The highest BCUT2D eigenvalue weighted by atomic mass is 35.5. The van der Waals surface area contributed by atoms with Crippen LogP contribution in [0.5, 0.6) is 0 Å². The summed E-state index contributed by atoms with van der Waals surface area (Å²) in [6.07, 6.45) is -1.03. The minimum absolute atomic E-state index is 0.00569. The molecule has 0 radical (unpaired) electrons. The van der Waals surface area contributed by atoms with Crippen LogP contribution in [0.4, 0.5) is 18.9 Å². The van der Waals surface area contributed by atoms with E-state index in [9.17, 15) is 13.2 Å².